The Morgan fingerprint density at radius 2 is 2.08 bits per heavy atom. The van der Waals surface area contributed by atoms with E-state index in [-0.39, 0.29) is 5.76 Å². The average Bonchev–Trinajstić information content (AvgIpc) is 3.27. The molecule has 0 saturated heterocycles. The molecule has 8 heteroatoms. The Kier molecular flexibility index (Phi) is 4.18. The average molecular weight is 414 g/mol. The molecule has 4 rings (SSSR count). The molecule has 0 aliphatic carbocycles. The van der Waals surface area contributed by atoms with E-state index in [0.717, 1.165) is 0 Å². The quantitative estimate of drug-likeness (QED) is 0.529. The van der Waals surface area contributed by atoms with Crippen molar-refractivity contribution in [3.05, 3.63) is 59.2 Å². The maximum absolute atomic E-state index is 12.4. The Balaban J connectivity index is 1.69. The summed E-state index contributed by atoms with van der Waals surface area (Å²) >= 11 is 3.18. The number of rotatable bonds is 4. The number of furan rings is 1. The van der Waals surface area contributed by atoms with Gasteiger partial charge < -0.3 is 18.9 Å². The van der Waals surface area contributed by atoms with Crippen LogP contribution in [0.15, 0.2) is 62.3 Å². The number of ether oxygens (including phenoxy) is 1. The van der Waals surface area contributed by atoms with Crippen LogP contribution in [0.25, 0.3) is 22.6 Å². The number of nitrogens with zero attached hydrogens (tertiary/aromatic N) is 2. The lowest BCUT2D eigenvalue weighted by atomic mass is 10.2. The zero-order valence-corrected chi connectivity index (χ0v) is 15.1. The third-order valence-corrected chi connectivity index (χ3v) is 4.11. The fraction of sp³-hybridized carbons (Fsp3) is 0.0556. The molecule has 0 saturated carbocycles. The van der Waals surface area contributed by atoms with Gasteiger partial charge in [-0.25, -0.2) is 4.98 Å². The first kappa shape index (κ1) is 16.3. The van der Waals surface area contributed by atoms with Crippen LogP contribution in [0.3, 0.4) is 0 Å². The predicted molar refractivity (Wildman–Crippen MR) is 98.2 cm³/mol. The van der Waals surface area contributed by atoms with Crippen molar-refractivity contribution in [1.29, 1.82) is 0 Å². The maximum Gasteiger partial charge on any atom is 0.291 e. The molecule has 0 radical (unpaired) electrons. The zero-order chi connectivity index (χ0) is 18.1. The summed E-state index contributed by atoms with van der Waals surface area (Å²) in [6.45, 7) is 0. The van der Waals surface area contributed by atoms with E-state index < -0.39 is 5.91 Å². The topological polar surface area (TPSA) is 90.4 Å². The molecule has 7 nitrogen and oxygen atoms in total. The van der Waals surface area contributed by atoms with E-state index >= 15 is 0 Å². The first-order chi connectivity index (χ1) is 12.6. The number of carbonyl (C=O) groups excluding carboxylic acids is 1. The highest BCUT2D eigenvalue weighted by Gasteiger charge is 2.16. The van der Waals surface area contributed by atoms with Gasteiger partial charge in [0.15, 0.2) is 16.0 Å². The first-order valence-electron chi connectivity index (χ1n) is 7.59. The van der Waals surface area contributed by atoms with Crippen LogP contribution in [0.1, 0.15) is 10.6 Å². The highest BCUT2D eigenvalue weighted by atomic mass is 79.9. The van der Waals surface area contributed by atoms with Crippen molar-refractivity contribution in [3.8, 4) is 17.2 Å². The van der Waals surface area contributed by atoms with E-state index in [1.54, 1.807) is 48.8 Å². The van der Waals surface area contributed by atoms with Crippen LogP contribution in [-0.4, -0.2) is 23.0 Å². The van der Waals surface area contributed by atoms with E-state index in [2.05, 4.69) is 31.2 Å². The molecule has 4 aromatic rings. The number of carbonyl (C=O) groups is 1. The summed E-state index contributed by atoms with van der Waals surface area (Å²) < 4.78 is 16.8. The lowest BCUT2D eigenvalue weighted by Crippen LogP contribution is -2.11. The van der Waals surface area contributed by atoms with Crippen molar-refractivity contribution in [2.24, 2.45) is 0 Å². The monoisotopic (exact) mass is 413 g/mol. The normalized spacial score (nSPS) is 10.8. The van der Waals surface area contributed by atoms with Crippen molar-refractivity contribution in [2.45, 2.75) is 0 Å². The van der Waals surface area contributed by atoms with Gasteiger partial charge in [-0.05, 0) is 46.3 Å². The molecule has 26 heavy (non-hydrogen) atoms. The van der Waals surface area contributed by atoms with E-state index in [1.807, 2.05) is 0 Å². The van der Waals surface area contributed by atoms with Gasteiger partial charge in [-0.15, -0.1) is 0 Å². The third-order valence-electron chi connectivity index (χ3n) is 3.68. The minimum atomic E-state index is -0.395. The number of fused-ring (bicyclic) bond motifs is 1. The van der Waals surface area contributed by atoms with Crippen LogP contribution >= 0.6 is 15.9 Å². The SMILES string of the molecule is COc1ccc(-c2nc3cnccc3o2)cc1NC(=O)c1ccc(Br)o1. The van der Waals surface area contributed by atoms with E-state index in [1.165, 1.54) is 7.11 Å². The largest absolute Gasteiger partial charge is 0.495 e. The smallest absolute Gasteiger partial charge is 0.291 e. The summed E-state index contributed by atoms with van der Waals surface area (Å²) in [4.78, 5) is 20.8. The number of amides is 1. The number of benzene rings is 1. The summed E-state index contributed by atoms with van der Waals surface area (Å²) in [6.07, 6.45) is 3.27. The molecule has 0 unspecified atom stereocenters. The van der Waals surface area contributed by atoms with E-state index in [4.69, 9.17) is 13.6 Å². The number of oxazole rings is 1. The molecule has 0 aliphatic rings. The second-order valence-corrected chi connectivity index (χ2v) is 6.12. The Morgan fingerprint density at radius 1 is 1.19 bits per heavy atom. The van der Waals surface area contributed by atoms with Gasteiger partial charge >= 0.3 is 0 Å². The molecule has 3 heterocycles. The molecule has 0 spiro atoms. The van der Waals surface area contributed by atoms with Crippen LogP contribution in [0, 0.1) is 0 Å². The summed E-state index contributed by atoms with van der Waals surface area (Å²) in [7, 11) is 1.53. The number of methoxy groups -OCH3 is 1. The molecule has 0 aliphatic heterocycles. The Hall–Kier alpha value is -3.13. The van der Waals surface area contributed by atoms with Gasteiger partial charge in [0.2, 0.25) is 5.89 Å². The van der Waals surface area contributed by atoms with Crippen molar-refractivity contribution in [2.75, 3.05) is 12.4 Å². The van der Waals surface area contributed by atoms with Crippen LogP contribution < -0.4 is 10.1 Å². The third kappa shape index (κ3) is 3.06. The van der Waals surface area contributed by atoms with Crippen molar-refractivity contribution >= 4 is 38.6 Å². The molecule has 0 bridgehead atoms. The number of nitrogens with one attached hydrogen (secondary N) is 1. The standard InChI is InChI=1S/C18H12BrN3O4/c1-24-13-3-2-10(18-22-12-9-20-7-6-14(12)26-18)8-11(13)21-17(23)15-4-5-16(19)25-15/h2-9H,1H3,(H,21,23). The lowest BCUT2D eigenvalue weighted by Gasteiger charge is -2.10. The molecule has 1 amide bonds. The number of aromatic nitrogens is 2. The zero-order valence-electron chi connectivity index (χ0n) is 13.5. The highest BCUT2D eigenvalue weighted by Crippen LogP contribution is 2.32. The Bertz CT molecular complexity index is 1070. The molecular weight excluding hydrogens is 402 g/mol. The molecule has 1 aromatic carbocycles. The summed E-state index contributed by atoms with van der Waals surface area (Å²) in [5.74, 6) is 0.711. The van der Waals surface area contributed by atoms with Gasteiger partial charge in [-0.3, -0.25) is 9.78 Å². The van der Waals surface area contributed by atoms with Crippen LogP contribution in [-0.2, 0) is 0 Å². The number of halogens is 1. The minimum Gasteiger partial charge on any atom is -0.495 e. The number of pyridine rings is 1. The fourth-order valence-corrected chi connectivity index (χ4v) is 2.77. The second kappa shape index (κ2) is 6.64. The summed E-state index contributed by atoms with van der Waals surface area (Å²) in [5, 5.41) is 2.77. The highest BCUT2D eigenvalue weighted by molar-refractivity contribution is 9.10. The molecule has 130 valence electrons. The van der Waals surface area contributed by atoms with E-state index in [0.29, 0.717) is 38.7 Å². The van der Waals surface area contributed by atoms with Gasteiger partial charge in [0.05, 0.1) is 19.0 Å². The van der Waals surface area contributed by atoms with Crippen LogP contribution in [0.2, 0.25) is 0 Å². The van der Waals surface area contributed by atoms with Crippen molar-refractivity contribution in [3.63, 3.8) is 0 Å². The Morgan fingerprint density at radius 3 is 2.81 bits per heavy atom. The molecule has 3 aromatic heterocycles. The lowest BCUT2D eigenvalue weighted by molar-refractivity contribution is 0.0995. The van der Waals surface area contributed by atoms with Gasteiger partial charge in [-0.1, -0.05) is 0 Å². The van der Waals surface area contributed by atoms with Gasteiger partial charge in [0.25, 0.3) is 5.91 Å². The molecular formula is C18H12BrN3O4. The van der Waals surface area contributed by atoms with Crippen molar-refractivity contribution < 1.29 is 18.4 Å². The maximum atomic E-state index is 12.4. The Labute approximate surface area is 156 Å². The first-order valence-corrected chi connectivity index (χ1v) is 8.39. The fourth-order valence-electron chi connectivity index (χ4n) is 2.46. The predicted octanol–water partition coefficient (Wildman–Crippen LogP) is 4.51. The second-order valence-electron chi connectivity index (χ2n) is 5.34. The number of hydrogen-bond acceptors (Lipinski definition) is 6. The number of anilines is 1. The van der Waals surface area contributed by atoms with E-state index in [9.17, 15) is 4.79 Å². The molecule has 1 N–H and O–H groups in total. The van der Waals surface area contributed by atoms with Crippen molar-refractivity contribution in [1.82, 2.24) is 9.97 Å². The van der Waals surface area contributed by atoms with Crippen LogP contribution in [0.4, 0.5) is 5.69 Å². The van der Waals surface area contributed by atoms with Gasteiger partial charge in [-0.2, -0.15) is 0 Å². The van der Waals surface area contributed by atoms with Gasteiger partial charge in [0.1, 0.15) is 11.3 Å². The molecule has 0 fully saturated rings. The summed E-state index contributed by atoms with van der Waals surface area (Å²) in [6, 6.07) is 10.2. The minimum absolute atomic E-state index is 0.178. The van der Waals surface area contributed by atoms with Gasteiger partial charge in [0, 0.05) is 17.8 Å². The summed E-state index contributed by atoms with van der Waals surface area (Å²) in [5.41, 5.74) is 2.46. The molecule has 0 atom stereocenters. The van der Waals surface area contributed by atoms with Crippen LogP contribution in [0.5, 0.6) is 5.75 Å². The number of hydrogen-bond donors (Lipinski definition) is 1.